The lowest BCUT2D eigenvalue weighted by Crippen LogP contribution is -2.20. The van der Waals surface area contributed by atoms with E-state index in [9.17, 15) is 0 Å². The van der Waals surface area contributed by atoms with Crippen molar-refractivity contribution in [2.45, 2.75) is 26.8 Å². The van der Waals surface area contributed by atoms with Crippen molar-refractivity contribution < 1.29 is 0 Å². The highest BCUT2D eigenvalue weighted by atomic mass is 32.1. The van der Waals surface area contributed by atoms with E-state index in [-0.39, 0.29) is 0 Å². The zero-order chi connectivity index (χ0) is 9.14. The zero-order valence-corrected chi connectivity index (χ0v) is 8.48. The molecule has 3 N–H and O–H groups in total. The molecule has 1 atom stereocenters. The molecule has 0 radical (unpaired) electrons. The fourth-order valence-corrected chi connectivity index (χ4v) is 1.42. The van der Waals surface area contributed by atoms with Crippen molar-refractivity contribution in [3.8, 4) is 0 Å². The molecular weight excluding hydrogens is 170 g/mol. The summed E-state index contributed by atoms with van der Waals surface area (Å²) < 4.78 is 3.99. The number of nitrogens with one attached hydrogen (secondary N) is 1. The molecule has 0 amide bonds. The maximum atomic E-state index is 5.49. The maximum absolute atomic E-state index is 5.49. The number of nitrogen functional groups attached to an aromatic ring is 1. The maximum Gasteiger partial charge on any atom is 0.139 e. The normalized spacial score (nSPS) is 13.3. The first-order valence-electron chi connectivity index (χ1n) is 4.08. The summed E-state index contributed by atoms with van der Waals surface area (Å²) in [5, 5.41) is 4.39. The molecule has 12 heavy (non-hydrogen) atoms. The fourth-order valence-electron chi connectivity index (χ4n) is 0.748. The van der Waals surface area contributed by atoms with Gasteiger partial charge in [0.2, 0.25) is 0 Å². The average molecular weight is 185 g/mol. The summed E-state index contributed by atoms with van der Waals surface area (Å²) in [6, 6.07) is 2.33. The Balaban J connectivity index is 2.52. The number of nitrogens with two attached hydrogens (primary N) is 1. The van der Waals surface area contributed by atoms with Crippen LogP contribution in [0.4, 0.5) is 10.8 Å². The first-order chi connectivity index (χ1) is 5.59. The molecule has 1 aromatic heterocycles. The van der Waals surface area contributed by atoms with Crippen LogP contribution in [0.25, 0.3) is 0 Å². The van der Waals surface area contributed by atoms with E-state index in [1.54, 1.807) is 0 Å². The first-order valence-corrected chi connectivity index (χ1v) is 4.85. The van der Waals surface area contributed by atoms with Crippen LogP contribution < -0.4 is 11.1 Å². The summed E-state index contributed by atoms with van der Waals surface area (Å²) in [4.78, 5) is 0. The second kappa shape index (κ2) is 3.76. The highest BCUT2D eigenvalue weighted by molar-refractivity contribution is 7.10. The molecule has 0 saturated heterocycles. The van der Waals surface area contributed by atoms with E-state index >= 15 is 0 Å². The Bertz CT molecular complexity index is 244. The van der Waals surface area contributed by atoms with E-state index in [2.05, 4.69) is 30.5 Å². The van der Waals surface area contributed by atoms with Gasteiger partial charge in [-0.2, -0.15) is 4.37 Å². The molecule has 0 fully saturated rings. The predicted molar refractivity (Wildman–Crippen MR) is 54.4 cm³/mol. The molecule has 0 aliphatic heterocycles. The summed E-state index contributed by atoms with van der Waals surface area (Å²) in [6.45, 7) is 6.52. The third kappa shape index (κ3) is 2.37. The Kier molecular flexibility index (Phi) is 2.92. The molecule has 0 saturated carbocycles. The molecule has 0 bridgehead atoms. The Morgan fingerprint density at radius 2 is 2.17 bits per heavy atom. The van der Waals surface area contributed by atoms with Gasteiger partial charge in [0.05, 0.1) is 0 Å². The van der Waals surface area contributed by atoms with Gasteiger partial charge in [-0.1, -0.05) is 13.8 Å². The standard InChI is InChI=1S/C8H15N3S/c1-5(2)6(3)10-8-4-7(9)11-12-8/h4-6,10H,1-3H3,(H2,9,11). The molecule has 0 aliphatic carbocycles. The number of anilines is 2. The molecule has 0 aromatic carbocycles. The molecular formula is C8H15N3S. The van der Waals surface area contributed by atoms with E-state index in [0.29, 0.717) is 17.8 Å². The summed E-state index contributed by atoms with van der Waals surface area (Å²) in [6.07, 6.45) is 0. The van der Waals surface area contributed by atoms with Crippen molar-refractivity contribution in [1.29, 1.82) is 0 Å². The van der Waals surface area contributed by atoms with Crippen molar-refractivity contribution in [2.75, 3.05) is 11.1 Å². The number of nitrogens with zero attached hydrogens (tertiary/aromatic N) is 1. The van der Waals surface area contributed by atoms with Gasteiger partial charge in [0, 0.05) is 12.1 Å². The first kappa shape index (κ1) is 9.32. The second-order valence-corrected chi connectivity index (χ2v) is 4.10. The van der Waals surface area contributed by atoms with Gasteiger partial charge >= 0.3 is 0 Å². The van der Waals surface area contributed by atoms with Gasteiger partial charge in [0.25, 0.3) is 0 Å². The van der Waals surface area contributed by atoms with E-state index in [0.717, 1.165) is 5.00 Å². The van der Waals surface area contributed by atoms with Crippen molar-refractivity contribution >= 4 is 22.4 Å². The highest BCUT2D eigenvalue weighted by Crippen LogP contribution is 2.19. The van der Waals surface area contributed by atoms with Gasteiger partial charge in [-0.3, -0.25) is 0 Å². The molecule has 4 heteroatoms. The van der Waals surface area contributed by atoms with Crippen LogP contribution in [0.15, 0.2) is 6.07 Å². The van der Waals surface area contributed by atoms with Gasteiger partial charge < -0.3 is 11.1 Å². The van der Waals surface area contributed by atoms with E-state index < -0.39 is 0 Å². The molecule has 3 nitrogen and oxygen atoms in total. The second-order valence-electron chi connectivity index (χ2n) is 3.29. The Morgan fingerprint density at radius 3 is 2.58 bits per heavy atom. The summed E-state index contributed by atoms with van der Waals surface area (Å²) in [5.74, 6) is 1.21. The third-order valence-corrected chi connectivity index (χ3v) is 2.63. The zero-order valence-electron chi connectivity index (χ0n) is 7.66. The van der Waals surface area contributed by atoms with Crippen LogP contribution in [-0.2, 0) is 0 Å². The van der Waals surface area contributed by atoms with Crippen LogP contribution in [0.2, 0.25) is 0 Å². The minimum absolute atomic E-state index is 0.463. The van der Waals surface area contributed by atoms with E-state index in [1.165, 1.54) is 11.5 Å². The van der Waals surface area contributed by atoms with Crippen LogP contribution in [0.3, 0.4) is 0 Å². The van der Waals surface area contributed by atoms with Crippen molar-refractivity contribution in [3.63, 3.8) is 0 Å². The predicted octanol–water partition coefficient (Wildman–Crippen LogP) is 2.18. The molecule has 1 rings (SSSR count). The van der Waals surface area contributed by atoms with Crippen LogP contribution in [0, 0.1) is 5.92 Å². The van der Waals surface area contributed by atoms with Crippen LogP contribution >= 0.6 is 11.5 Å². The van der Waals surface area contributed by atoms with Gasteiger partial charge in [-0.05, 0) is 24.4 Å². The lowest BCUT2D eigenvalue weighted by atomic mass is 10.1. The largest absolute Gasteiger partial charge is 0.383 e. The third-order valence-electron chi connectivity index (χ3n) is 1.90. The molecule has 0 spiro atoms. The SMILES string of the molecule is CC(C)C(C)Nc1cc(N)ns1. The van der Waals surface area contributed by atoms with Crippen molar-refractivity contribution in [2.24, 2.45) is 5.92 Å². The summed E-state index contributed by atoms with van der Waals surface area (Å²) in [5.41, 5.74) is 5.49. The summed E-state index contributed by atoms with van der Waals surface area (Å²) >= 11 is 1.41. The lowest BCUT2D eigenvalue weighted by molar-refractivity contribution is 0.561. The van der Waals surface area contributed by atoms with Crippen molar-refractivity contribution in [3.05, 3.63) is 6.07 Å². The average Bonchev–Trinajstić information content (AvgIpc) is 2.35. The smallest absolute Gasteiger partial charge is 0.139 e. The number of hydrogen-bond acceptors (Lipinski definition) is 4. The molecule has 68 valence electrons. The molecule has 1 unspecified atom stereocenters. The van der Waals surface area contributed by atoms with Crippen LogP contribution in [-0.4, -0.2) is 10.4 Å². The minimum Gasteiger partial charge on any atom is -0.383 e. The van der Waals surface area contributed by atoms with Gasteiger partial charge in [-0.25, -0.2) is 0 Å². The van der Waals surface area contributed by atoms with Crippen molar-refractivity contribution in [1.82, 2.24) is 4.37 Å². The fraction of sp³-hybridized carbons (Fsp3) is 0.625. The summed E-state index contributed by atoms with van der Waals surface area (Å²) in [7, 11) is 0. The van der Waals surface area contributed by atoms with Crippen LogP contribution in [0.5, 0.6) is 0 Å². The monoisotopic (exact) mass is 185 g/mol. The molecule has 1 aromatic rings. The van der Waals surface area contributed by atoms with Gasteiger partial charge in [0.15, 0.2) is 0 Å². The van der Waals surface area contributed by atoms with Gasteiger partial charge in [-0.15, -0.1) is 0 Å². The molecule has 1 heterocycles. The van der Waals surface area contributed by atoms with E-state index in [4.69, 9.17) is 5.73 Å². The van der Waals surface area contributed by atoms with Crippen LogP contribution in [0.1, 0.15) is 20.8 Å². The Labute approximate surface area is 77.1 Å². The van der Waals surface area contributed by atoms with Gasteiger partial charge in [0.1, 0.15) is 10.8 Å². The lowest BCUT2D eigenvalue weighted by Gasteiger charge is -2.16. The minimum atomic E-state index is 0.463. The number of rotatable bonds is 3. The number of hydrogen-bond donors (Lipinski definition) is 2. The topological polar surface area (TPSA) is 50.9 Å². The Hall–Kier alpha value is -0.770. The molecule has 0 aliphatic rings. The Morgan fingerprint density at radius 1 is 1.50 bits per heavy atom. The van der Waals surface area contributed by atoms with E-state index in [1.807, 2.05) is 6.07 Å². The quantitative estimate of drug-likeness (QED) is 0.759. The number of aromatic nitrogens is 1. The highest BCUT2D eigenvalue weighted by Gasteiger charge is 2.07.